The Hall–Kier alpha value is -3.48. The SMILES string of the molecule is COC(=O)C1=NN[C@]2(c3ccc(C)cc3)C(=O)N(c3ccccc3)C(=O)[C@H]12. The van der Waals surface area contributed by atoms with Crippen LogP contribution >= 0.6 is 0 Å². The molecule has 0 radical (unpaired) electrons. The molecule has 2 amide bonds. The molecule has 0 aliphatic carbocycles. The van der Waals surface area contributed by atoms with Crippen molar-refractivity contribution in [2.45, 2.75) is 12.5 Å². The molecule has 0 bridgehead atoms. The van der Waals surface area contributed by atoms with Gasteiger partial charge in [-0.2, -0.15) is 5.10 Å². The van der Waals surface area contributed by atoms with Crippen LogP contribution in [0, 0.1) is 12.8 Å². The van der Waals surface area contributed by atoms with Crippen molar-refractivity contribution in [3.8, 4) is 0 Å². The van der Waals surface area contributed by atoms with E-state index in [0.717, 1.165) is 10.5 Å². The molecule has 2 heterocycles. The van der Waals surface area contributed by atoms with Gasteiger partial charge in [-0.05, 0) is 24.6 Å². The minimum Gasteiger partial charge on any atom is -0.464 e. The van der Waals surface area contributed by atoms with Gasteiger partial charge in [-0.15, -0.1) is 0 Å². The van der Waals surface area contributed by atoms with Gasteiger partial charge in [-0.1, -0.05) is 48.0 Å². The molecule has 2 aromatic rings. The molecule has 2 aliphatic heterocycles. The number of nitrogens with one attached hydrogen (secondary N) is 1. The Balaban J connectivity index is 1.90. The van der Waals surface area contributed by atoms with Gasteiger partial charge >= 0.3 is 5.97 Å². The number of anilines is 1. The number of methoxy groups -OCH3 is 1. The van der Waals surface area contributed by atoms with E-state index in [1.54, 1.807) is 42.5 Å². The summed E-state index contributed by atoms with van der Waals surface area (Å²) in [7, 11) is 1.22. The molecule has 4 rings (SSSR count). The van der Waals surface area contributed by atoms with Gasteiger partial charge in [-0.25, -0.2) is 9.69 Å². The van der Waals surface area contributed by atoms with E-state index >= 15 is 0 Å². The molecule has 136 valence electrons. The van der Waals surface area contributed by atoms with Gasteiger partial charge in [0.15, 0.2) is 11.3 Å². The summed E-state index contributed by atoms with van der Waals surface area (Å²) in [6, 6.07) is 15.9. The lowest BCUT2D eigenvalue weighted by Crippen LogP contribution is -2.48. The predicted octanol–water partition coefficient (Wildman–Crippen LogP) is 1.51. The summed E-state index contributed by atoms with van der Waals surface area (Å²) in [5, 5.41) is 4.01. The summed E-state index contributed by atoms with van der Waals surface area (Å²) in [5.41, 5.74) is 3.24. The van der Waals surface area contributed by atoms with Crippen molar-refractivity contribution in [3.63, 3.8) is 0 Å². The summed E-state index contributed by atoms with van der Waals surface area (Å²) in [5.74, 6) is -2.82. The number of esters is 1. The molecule has 1 fully saturated rings. The zero-order valence-electron chi connectivity index (χ0n) is 14.8. The number of aryl methyl sites for hydroxylation is 1. The third-order valence-corrected chi connectivity index (χ3v) is 4.98. The molecular formula is C20H17N3O4. The molecule has 2 aromatic carbocycles. The highest BCUT2D eigenvalue weighted by Crippen LogP contribution is 2.44. The van der Waals surface area contributed by atoms with E-state index in [0.29, 0.717) is 11.3 Å². The fourth-order valence-corrected chi connectivity index (χ4v) is 3.62. The van der Waals surface area contributed by atoms with Crippen LogP contribution in [0.25, 0.3) is 0 Å². The van der Waals surface area contributed by atoms with Crippen LogP contribution < -0.4 is 10.3 Å². The van der Waals surface area contributed by atoms with Crippen LogP contribution in [0.15, 0.2) is 59.7 Å². The largest absolute Gasteiger partial charge is 0.464 e. The van der Waals surface area contributed by atoms with Crippen LogP contribution in [-0.4, -0.2) is 30.6 Å². The van der Waals surface area contributed by atoms with Crippen LogP contribution in [0.2, 0.25) is 0 Å². The number of hydrogen-bond donors (Lipinski definition) is 1. The second-order valence-corrected chi connectivity index (χ2v) is 6.52. The number of fused-ring (bicyclic) bond motifs is 1. The maximum Gasteiger partial charge on any atom is 0.355 e. The van der Waals surface area contributed by atoms with E-state index < -0.39 is 29.2 Å². The molecule has 0 aromatic heterocycles. The number of benzene rings is 2. The Bertz CT molecular complexity index is 968. The van der Waals surface area contributed by atoms with Gasteiger partial charge < -0.3 is 4.74 Å². The minimum absolute atomic E-state index is 0.102. The van der Waals surface area contributed by atoms with E-state index in [1.807, 2.05) is 19.1 Å². The predicted molar refractivity (Wildman–Crippen MR) is 97.9 cm³/mol. The quantitative estimate of drug-likeness (QED) is 0.660. The maximum absolute atomic E-state index is 13.5. The summed E-state index contributed by atoms with van der Waals surface area (Å²) in [6.07, 6.45) is 0. The van der Waals surface area contributed by atoms with Gasteiger partial charge in [0, 0.05) is 0 Å². The molecule has 1 N–H and O–H groups in total. The molecule has 7 nitrogen and oxygen atoms in total. The second-order valence-electron chi connectivity index (χ2n) is 6.52. The molecular weight excluding hydrogens is 346 g/mol. The molecule has 2 atom stereocenters. The highest BCUT2D eigenvalue weighted by Gasteiger charge is 2.67. The zero-order valence-corrected chi connectivity index (χ0v) is 14.8. The van der Waals surface area contributed by atoms with E-state index in [2.05, 4.69) is 10.5 Å². The van der Waals surface area contributed by atoms with Crippen molar-refractivity contribution >= 4 is 29.2 Å². The van der Waals surface area contributed by atoms with Crippen molar-refractivity contribution < 1.29 is 19.1 Å². The van der Waals surface area contributed by atoms with Gasteiger partial charge in [0.25, 0.3) is 5.91 Å². The first-order valence-corrected chi connectivity index (χ1v) is 8.44. The van der Waals surface area contributed by atoms with E-state index in [9.17, 15) is 14.4 Å². The number of nitrogens with zero attached hydrogens (tertiary/aromatic N) is 2. The van der Waals surface area contributed by atoms with Gasteiger partial charge in [0.2, 0.25) is 5.91 Å². The fraction of sp³-hybridized carbons (Fsp3) is 0.200. The lowest BCUT2D eigenvalue weighted by molar-refractivity contribution is -0.133. The minimum atomic E-state index is -1.47. The van der Waals surface area contributed by atoms with E-state index in [4.69, 9.17) is 4.74 Å². The number of hydrogen-bond acceptors (Lipinski definition) is 6. The highest BCUT2D eigenvalue weighted by atomic mass is 16.5. The lowest BCUT2D eigenvalue weighted by Gasteiger charge is -2.26. The molecule has 2 aliphatic rings. The number of imide groups is 1. The smallest absolute Gasteiger partial charge is 0.355 e. The number of ether oxygens (including phenoxy) is 1. The van der Waals surface area contributed by atoms with E-state index in [-0.39, 0.29) is 5.71 Å². The number of carbonyl (C=O) groups excluding carboxylic acids is 3. The monoisotopic (exact) mass is 363 g/mol. The molecule has 0 saturated carbocycles. The fourth-order valence-electron chi connectivity index (χ4n) is 3.62. The van der Waals surface area contributed by atoms with Crippen molar-refractivity contribution in [3.05, 3.63) is 65.7 Å². The summed E-state index contributed by atoms with van der Waals surface area (Å²) < 4.78 is 4.78. The normalized spacial score (nSPS) is 23.7. The van der Waals surface area contributed by atoms with Gasteiger partial charge in [0.05, 0.1) is 12.8 Å². The first-order valence-electron chi connectivity index (χ1n) is 8.44. The number of amides is 2. The Morgan fingerprint density at radius 3 is 2.41 bits per heavy atom. The summed E-state index contributed by atoms with van der Waals surface area (Å²) in [4.78, 5) is 40.0. The van der Waals surface area contributed by atoms with Gasteiger partial charge in [-0.3, -0.25) is 15.0 Å². The Morgan fingerprint density at radius 2 is 1.78 bits per heavy atom. The van der Waals surface area contributed by atoms with Crippen LogP contribution in [0.3, 0.4) is 0 Å². The number of carbonyl (C=O) groups is 3. The van der Waals surface area contributed by atoms with Gasteiger partial charge in [0.1, 0.15) is 5.92 Å². The first-order chi connectivity index (χ1) is 13.0. The lowest BCUT2D eigenvalue weighted by atomic mass is 9.78. The van der Waals surface area contributed by atoms with Crippen LogP contribution in [0.5, 0.6) is 0 Å². The average Bonchev–Trinajstić information content (AvgIpc) is 3.19. The first kappa shape index (κ1) is 17.0. The molecule has 27 heavy (non-hydrogen) atoms. The Kier molecular flexibility index (Phi) is 3.80. The van der Waals surface area contributed by atoms with Crippen molar-refractivity contribution in [2.75, 3.05) is 12.0 Å². The van der Waals surface area contributed by atoms with Crippen LogP contribution in [0.4, 0.5) is 5.69 Å². The summed E-state index contributed by atoms with van der Waals surface area (Å²) in [6.45, 7) is 1.93. The van der Waals surface area contributed by atoms with Crippen molar-refractivity contribution in [1.29, 1.82) is 0 Å². The summed E-state index contributed by atoms with van der Waals surface area (Å²) >= 11 is 0. The van der Waals surface area contributed by atoms with Crippen LogP contribution in [-0.2, 0) is 24.7 Å². The maximum atomic E-state index is 13.5. The van der Waals surface area contributed by atoms with Crippen molar-refractivity contribution in [1.82, 2.24) is 5.43 Å². The van der Waals surface area contributed by atoms with Crippen LogP contribution in [0.1, 0.15) is 11.1 Å². The molecule has 0 spiro atoms. The number of rotatable bonds is 3. The standard InChI is InChI=1S/C20H17N3O4/c1-12-8-10-13(11-9-12)20-15(16(21-22-20)18(25)27-2)17(24)23(19(20)26)14-6-4-3-5-7-14/h3-11,15,22H,1-2H3/t15-,20-/m0/s1. The Morgan fingerprint density at radius 1 is 1.11 bits per heavy atom. The molecule has 7 heteroatoms. The molecule has 0 unspecified atom stereocenters. The Labute approximate surface area is 155 Å². The zero-order chi connectivity index (χ0) is 19.2. The molecule has 1 saturated heterocycles. The second kappa shape index (κ2) is 6.05. The third kappa shape index (κ3) is 2.28. The topological polar surface area (TPSA) is 88.1 Å². The van der Waals surface area contributed by atoms with E-state index in [1.165, 1.54) is 7.11 Å². The third-order valence-electron chi connectivity index (χ3n) is 4.98. The average molecular weight is 363 g/mol. The number of para-hydroxylation sites is 1. The van der Waals surface area contributed by atoms with Crippen molar-refractivity contribution in [2.24, 2.45) is 11.0 Å². The highest BCUT2D eigenvalue weighted by molar-refractivity contribution is 6.47. The number of hydrazone groups is 1.